The molecule has 1 unspecified atom stereocenters. The van der Waals surface area contributed by atoms with E-state index in [1.54, 1.807) is 6.07 Å². The summed E-state index contributed by atoms with van der Waals surface area (Å²) in [5.74, 6) is 0.139. The molecular weight excluding hydrogens is 272 g/mol. The van der Waals surface area contributed by atoms with Crippen molar-refractivity contribution in [2.45, 2.75) is 26.0 Å². The molecule has 1 aromatic carbocycles. The van der Waals surface area contributed by atoms with Gasteiger partial charge in [0.05, 0.1) is 4.47 Å². The lowest BCUT2D eigenvalue weighted by molar-refractivity contribution is -0.124. The van der Waals surface area contributed by atoms with Crippen LogP contribution in [0.1, 0.15) is 18.9 Å². The van der Waals surface area contributed by atoms with Crippen molar-refractivity contribution < 1.29 is 9.53 Å². The van der Waals surface area contributed by atoms with Gasteiger partial charge in [0.25, 0.3) is 5.91 Å². The second-order valence-corrected chi connectivity index (χ2v) is 4.24. The van der Waals surface area contributed by atoms with Crippen LogP contribution in [0, 0.1) is 0 Å². The first-order valence-corrected chi connectivity index (χ1v) is 5.82. The van der Waals surface area contributed by atoms with E-state index in [2.05, 4.69) is 15.9 Å². The number of ether oxygens (including phenoxy) is 1. The smallest absolute Gasteiger partial charge is 0.258 e. The lowest BCUT2D eigenvalue weighted by Crippen LogP contribution is -2.33. The topological polar surface area (TPSA) is 78.3 Å². The molecule has 1 rings (SSSR count). The molecule has 0 aliphatic rings. The van der Waals surface area contributed by atoms with Crippen LogP contribution in [0.25, 0.3) is 0 Å². The van der Waals surface area contributed by atoms with Crippen molar-refractivity contribution in [3.05, 3.63) is 28.2 Å². The third-order valence-corrected chi connectivity index (χ3v) is 2.81. The summed E-state index contributed by atoms with van der Waals surface area (Å²) in [5, 5.41) is 0. The highest BCUT2D eigenvalue weighted by Gasteiger charge is 2.15. The van der Waals surface area contributed by atoms with Gasteiger partial charge in [-0.1, -0.05) is 13.0 Å². The first-order valence-electron chi connectivity index (χ1n) is 5.03. The Hall–Kier alpha value is -1.07. The predicted molar refractivity (Wildman–Crippen MR) is 65.9 cm³/mol. The maximum Gasteiger partial charge on any atom is 0.258 e. The van der Waals surface area contributed by atoms with E-state index in [9.17, 15) is 4.79 Å². The van der Waals surface area contributed by atoms with Crippen molar-refractivity contribution in [3.63, 3.8) is 0 Å². The van der Waals surface area contributed by atoms with Crippen LogP contribution < -0.4 is 16.2 Å². The minimum atomic E-state index is -0.597. The number of carbonyl (C=O) groups is 1. The van der Waals surface area contributed by atoms with Gasteiger partial charge in [0, 0.05) is 6.54 Å². The fraction of sp³-hybridized carbons (Fsp3) is 0.364. The average Bonchev–Trinajstić information content (AvgIpc) is 2.26. The number of hydrogen-bond donors (Lipinski definition) is 2. The standard InChI is InChI=1S/C11H15BrN2O2/c1-2-9(11(14)15)16-10-4-3-7(6-13)5-8(10)12/h3-5,9H,2,6,13H2,1H3,(H2,14,15). The molecule has 4 N–H and O–H groups in total. The average molecular weight is 287 g/mol. The lowest BCUT2D eigenvalue weighted by Gasteiger charge is -2.15. The number of rotatable bonds is 5. The van der Waals surface area contributed by atoms with Gasteiger partial charge >= 0.3 is 0 Å². The molecule has 4 nitrogen and oxygen atoms in total. The van der Waals surface area contributed by atoms with Gasteiger partial charge in [-0.15, -0.1) is 0 Å². The van der Waals surface area contributed by atoms with Crippen LogP contribution in [0.5, 0.6) is 5.75 Å². The number of benzene rings is 1. The van der Waals surface area contributed by atoms with E-state index in [1.165, 1.54) is 0 Å². The van der Waals surface area contributed by atoms with Crippen molar-refractivity contribution in [2.24, 2.45) is 11.5 Å². The molecule has 1 amide bonds. The SMILES string of the molecule is CCC(Oc1ccc(CN)cc1Br)C(N)=O. The minimum absolute atomic E-state index is 0.461. The molecule has 0 saturated heterocycles. The molecule has 5 heteroatoms. The van der Waals surface area contributed by atoms with Crippen LogP contribution >= 0.6 is 15.9 Å². The molecule has 0 bridgehead atoms. The highest BCUT2D eigenvalue weighted by atomic mass is 79.9. The monoisotopic (exact) mass is 286 g/mol. The van der Waals surface area contributed by atoms with Crippen LogP contribution in [0.3, 0.4) is 0 Å². The molecule has 1 atom stereocenters. The Morgan fingerprint density at radius 1 is 1.56 bits per heavy atom. The number of primary amides is 1. The molecule has 0 aliphatic carbocycles. The number of carbonyl (C=O) groups excluding carboxylic acids is 1. The van der Waals surface area contributed by atoms with Crippen LogP contribution in [-0.4, -0.2) is 12.0 Å². The zero-order valence-corrected chi connectivity index (χ0v) is 10.7. The van der Waals surface area contributed by atoms with Crippen LogP contribution in [0.2, 0.25) is 0 Å². The number of amides is 1. The molecule has 0 fully saturated rings. The second-order valence-electron chi connectivity index (χ2n) is 3.39. The van der Waals surface area contributed by atoms with E-state index in [4.69, 9.17) is 16.2 Å². The highest BCUT2D eigenvalue weighted by molar-refractivity contribution is 9.10. The molecule has 0 aromatic heterocycles. The molecule has 0 saturated carbocycles. The van der Waals surface area contributed by atoms with E-state index < -0.39 is 12.0 Å². The zero-order valence-electron chi connectivity index (χ0n) is 9.07. The van der Waals surface area contributed by atoms with E-state index in [1.807, 2.05) is 19.1 Å². The quantitative estimate of drug-likeness (QED) is 0.862. The van der Waals surface area contributed by atoms with Crippen LogP contribution in [0.4, 0.5) is 0 Å². The van der Waals surface area contributed by atoms with Crippen molar-refractivity contribution in [1.82, 2.24) is 0 Å². The summed E-state index contributed by atoms with van der Waals surface area (Å²) in [7, 11) is 0. The summed E-state index contributed by atoms with van der Waals surface area (Å²) in [6, 6.07) is 5.49. The molecule has 0 aliphatic heterocycles. The Balaban J connectivity index is 2.84. The summed E-state index contributed by atoms with van der Waals surface area (Å²) in [6.07, 6.45) is -0.0551. The summed E-state index contributed by atoms with van der Waals surface area (Å²) < 4.78 is 6.27. The van der Waals surface area contributed by atoms with E-state index in [0.717, 1.165) is 10.0 Å². The molecule has 1 aromatic rings. The van der Waals surface area contributed by atoms with Crippen LogP contribution in [-0.2, 0) is 11.3 Å². The third-order valence-electron chi connectivity index (χ3n) is 2.19. The maximum atomic E-state index is 11.0. The summed E-state index contributed by atoms with van der Waals surface area (Å²) >= 11 is 3.36. The van der Waals surface area contributed by atoms with E-state index >= 15 is 0 Å². The predicted octanol–water partition coefficient (Wildman–Crippen LogP) is 1.55. The fourth-order valence-electron chi connectivity index (χ4n) is 1.26. The highest BCUT2D eigenvalue weighted by Crippen LogP contribution is 2.27. The Morgan fingerprint density at radius 3 is 2.69 bits per heavy atom. The zero-order chi connectivity index (χ0) is 12.1. The van der Waals surface area contributed by atoms with Gasteiger partial charge in [-0.3, -0.25) is 4.79 Å². The minimum Gasteiger partial charge on any atom is -0.479 e. The Labute approximate surface area is 103 Å². The molecule has 0 spiro atoms. The summed E-state index contributed by atoms with van der Waals surface area (Å²) in [5.41, 5.74) is 11.7. The fourth-order valence-corrected chi connectivity index (χ4v) is 1.78. The number of halogens is 1. The Morgan fingerprint density at radius 2 is 2.25 bits per heavy atom. The van der Waals surface area contributed by atoms with Crippen molar-refractivity contribution in [1.29, 1.82) is 0 Å². The lowest BCUT2D eigenvalue weighted by atomic mass is 10.2. The normalized spacial score (nSPS) is 12.2. The number of hydrogen-bond acceptors (Lipinski definition) is 3. The summed E-state index contributed by atoms with van der Waals surface area (Å²) in [4.78, 5) is 11.0. The number of nitrogens with two attached hydrogens (primary N) is 2. The van der Waals surface area contributed by atoms with Gasteiger partial charge in [0.2, 0.25) is 0 Å². The molecule has 88 valence electrons. The van der Waals surface area contributed by atoms with Crippen molar-refractivity contribution >= 4 is 21.8 Å². The van der Waals surface area contributed by atoms with Gasteiger partial charge < -0.3 is 16.2 Å². The van der Waals surface area contributed by atoms with Crippen molar-refractivity contribution in [3.8, 4) is 5.75 Å². The van der Waals surface area contributed by atoms with Gasteiger partial charge in [-0.2, -0.15) is 0 Å². The van der Waals surface area contributed by atoms with Gasteiger partial charge in [0.1, 0.15) is 5.75 Å². The van der Waals surface area contributed by atoms with Gasteiger partial charge in [-0.05, 0) is 40.0 Å². The molecule has 16 heavy (non-hydrogen) atoms. The van der Waals surface area contributed by atoms with Gasteiger partial charge in [0.15, 0.2) is 6.10 Å². The second kappa shape index (κ2) is 5.86. The van der Waals surface area contributed by atoms with Crippen LogP contribution in [0.15, 0.2) is 22.7 Å². The van der Waals surface area contributed by atoms with Gasteiger partial charge in [-0.25, -0.2) is 0 Å². The Kier molecular flexibility index (Phi) is 4.76. The maximum absolute atomic E-state index is 11.0. The third kappa shape index (κ3) is 3.21. The largest absolute Gasteiger partial charge is 0.479 e. The Bertz CT molecular complexity index is 382. The molecule has 0 heterocycles. The van der Waals surface area contributed by atoms with E-state index in [-0.39, 0.29) is 0 Å². The first kappa shape index (κ1) is 13.0. The van der Waals surface area contributed by atoms with E-state index in [0.29, 0.717) is 18.7 Å². The molecule has 0 radical (unpaired) electrons. The first-order chi connectivity index (χ1) is 7.58. The summed E-state index contributed by atoms with van der Waals surface area (Å²) in [6.45, 7) is 2.31. The van der Waals surface area contributed by atoms with Crippen molar-refractivity contribution in [2.75, 3.05) is 0 Å². The molecular formula is C11H15BrN2O2.